The Balaban J connectivity index is 1.32. The summed E-state index contributed by atoms with van der Waals surface area (Å²) >= 11 is 1.06. The molecule has 2 aliphatic heterocycles. The molecule has 84 heavy (non-hydrogen) atoms. The van der Waals surface area contributed by atoms with Crippen LogP contribution >= 0.6 is 11.3 Å². The van der Waals surface area contributed by atoms with Crippen LogP contribution in [-0.2, 0) is 68.6 Å². The Bertz CT molecular complexity index is 2670. The molecule has 2 aliphatic rings. The molecule has 2 aromatic rings. The molecule has 1 saturated heterocycles. The van der Waals surface area contributed by atoms with E-state index in [1.807, 2.05) is 46.4 Å². The number of esters is 1. The fourth-order valence-electron chi connectivity index (χ4n) is 9.25. The number of rotatable bonds is 34. The number of hydrogen-bond donors (Lipinski definition) is 8. The number of carbonyl (C=O) groups excluding carboxylic acids is 10. The van der Waals surface area contributed by atoms with Crippen molar-refractivity contribution in [3.63, 3.8) is 0 Å². The van der Waals surface area contributed by atoms with Crippen molar-refractivity contribution >= 4 is 82.1 Å². The topological polar surface area (TPSA) is 351 Å². The van der Waals surface area contributed by atoms with Crippen LogP contribution in [0.5, 0.6) is 5.75 Å². The van der Waals surface area contributed by atoms with Crippen LogP contribution in [0, 0.1) is 11.8 Å². The largest absolute Gasteiger partial charge is 0.506 e. The van der Waals surface area contributed by atoms with Crippen molar-refractivity contribution < 1.29 is 77.2 Å². The molecule has 1 fully saturated rings. The van der Waals surface area contributed by atoms with Crippen LogP contribution in [0.3, 0.4) is 0 Å². The lowest BCUT2D eigenvalue weighted by molar-refractivity contribution is -0.149. The summed E-state index contributed by atoms with van der Waals surface area (Å²) in [5.41, 5.74) is -0.535. The summed E-state index contributed by atoms with van der Waals surface area (Å²) in [5, 5.41) is 38.2. The molecule has 27 heteroatoms. The molecule has 0 saturated carbocycles. The predicted octanol–water partition coefficient (Wildman–Crippen LogP) is 2.35. The van der Waals surface area contributed by atoms with Crippen LogP contribution in [-0.4, -0.2) is 190 Å². The average molecular weight is 1200 g/mol. The lowest BCUT2D eigenvalue weighted by Crippen LogP contribution is -2.62. The van der Waals surface area contributed by atoms with Gasteiger partial charge in [0, 0.05) is 95.4 Å². The highest BCUT2D eigenvalue weighted by Gasteiger charge is 2.41. The number of amides is 9. The Labute approximate surface area is 493 Å². The third-order valence-electron chi connectivity index (χ3n) is 14.6. The Kier molecular flexibility index (Phi) is 27.3. The maximum absolute atomic E-state index is 14.5. The molecule has 7 atom stereocenters. The van der Waals surface area contributed by atoms with E-state index in [4.69, 9.17) is 14.2 Å². The number of anilines is 1. The second-order valence-electron chi connectivity index (χ2n) is 21.8. The van der Waals surface area contributed by atoms with Crippen molar-refractivity contribution in [2.75, 3.05) is 65.0 Å². The zero-order valence-electron chi connectivity index (χ0n) is 49.7. The number of aliphatic carboxylic acids is 1. The predicted molar refractivity (Wildman–Crippen MR) is 308 cm³/mol. The lowest BCUT2D eigenvalue weighted by atomic mass is 9.92. The van der Waals surface area contributed by atoms with Crippen LogP contribution in [0.25, 0.3) is 0 Å². The molecule has 0 bridgehead atoms. The van der Waals surface area contributed by atoms with Crippen molar-refractivity contribution in [2.45, 2.75) is 156 Å². The van der Waals surface area contributed by atoms with Gasteiger partial charge in [-0.15, -0.1) is 11.3 Å². The number of carboxylic acids is 1. The standard InChI is InChI=1S/C57H84N10O16S/c1-11-34(4)50(64-56(80)57(8,9)66-23-27-82-28-24-66)55(79)65(10)42(33(2)3)31-44(83-37(7)68)54-63-41(32-84-54)53(78)61-39(15-19-49(74)75)29-38-14-16-43(69)40(30-38)62-52(77)36(6)60-51(76)35(5)59-46(71)20-25-81-26-21-58-45(70)13-12-22-67-47(72)17-18-48(67)73/h14,16-18,30,32-36,39,42,44,50,69H,11-13,15,19-29,31H2,1-10H3,(H,58,70)(H,59,71)(H,60,76)(H,61,78)(H,62,77)(H,64,80)(H,74,75)/t34-,35-,36-,39+,42+,44+,50-/m0/s1. The Morgan fingerprint density at radius 3 is 2.17 bits per heavy atom. The number of ether oxygens (including phenoxy) is 3. The second kappa shape index (κ2) is 33.2. The van der Waals surface area contributed by atoms with Gasteiger partial charge in [0.1, 0.15) is 34.6 Å². The minimum absolute atomic E-state index is 0.0209. The monoisotopic (exact) mass is 1200 g/mol. The van der Waals surface area contributed by atoms with Crippen LogP contribution in [0.15, 0.2) is 35.7 Å². The molecule has 0 unspecified atom stereocenters. The Morgan fingerprint density at radius 1 is 0.869 bits per heavy atom. The summed E-state index contributed by atoms with van der Waals surface area (Å²) in [6.45, 7) is 17.8. The molecule has 0 aliphatic carbocycles. The van der Waals surface area contributed by atoms with E-state index in [-0.39, 0.29) is 117 Å². The first-order chi connectivity index (χ1) is 39.6. The third kappa shape index (κ3) is 21.4. The van der Waals surface area contributed by atoms with Gasteiger partial charge in [0.25, 0.3) is 17.7 Å². The van der Waals surface area contributed by atoms with E-state index in [0.717, 1.165) is 16.2 Å². The van der Waals surface area contributed by atoms with E-state index >= 15 is 0 Å². The number of aromatic hydroxyl groups is 1. The number of phenolic OH excluding ortho intramolecular Hbond substituents is 1. The number of benzene rings is 1. The molecule has 3 heterocycles. The van der Waals surface area contributed by atoms with Crippen molar-refractivity contribution in [1.82, 2.24) is 46.3 Å². The number of phenols is 1. The van der Waals surface area contributed by atoms with Gasteiger partial charge in [-0.2, -0.15) is 0 Å². The quantitative estimate of drug-likeness (QED) is 0.0216. The van der Waals surface area contributed by atoms with Gasteiger partial charge in [0.2, 0.25) is 35.4 Å². The number of thiazole rings is 1. The molecule has 26 nitrogen and oxygen atoms in total. The van der Waals surface area contributed by atoms with Gasteiger partial charge in [-0.05, 0) is 76.5 Å². The number of likely N-dealkylation sites (N-methyl/N-ethyl adjacent to an activating group) is 1. The van der Waals surface area contributed by atoms with Crippen LogP contribution in [0.4, 0.5) is 5.69 Å². The summed E-state index contributed by atoms with van der Waals surface area (Å²) in [6, 6.07) is -0.160. The van der Waals surface area contributed by atoms with Gasteiger partial charge in [-0.25, -0.2) is 4.98 Å². The van der Waals surface area contributed by atoms with Gasteiger partial charge < -0.3 is 61.2 Å². The molecule has 0 spiro atoms. The van der Waals surface area contributed by atoms with E-state index in [0.29, 0.717) is 44.7 Å². The molecule has 4 rings (SSSR count). The minimum Gasteiger partial charge on any atom is -0.506 e. The van der Waals surface area contributed by atoms with E-state index < -0.39 is 89.2 Å². The maximum Gasteiger partial charge on any atom is 0.303 e. The molecular formula is C57H84N10O16S. The zero-order chi connectivity index (χ0) is 62.4. The van der Waals surface area contributed by atoms with Gasteiger partial charge in [-0.1, -0.05) is 40.2 Å². The van der Waals surface area contributed by atoms with Crippen molar-refractivity contribution in [2.24, 2.45) is 11.8 Å². The first kappa shape index (κ1) is 69.1. The molecular weight excluding hydrogens is 1110 g/mol. The van der Waals surface area contributed by atoms with Gasteiger partial charge in [-0.3, -0.25) is 62.5 Å². The smallest absolute Gasteiger partial charge is 0.303 e. The summed E-state index contributed by atoms with van der Waals surface area (Å²) < 4.78 is 16.7. The van der Waals surface area contributed by atoms with Crippen LogP contribution in [0.2, 0.25) is 0 Å². The number of imide groups is 1. The number of carbonyl (C=O) groups is 11. The lowest BCUT2D eigenvalue weighted by Gasteiger charge is -2.41. The zero-order valence-corrected chi connectivity index (χ0v) is 50.5. The van der Waals surface area contributed by atoms with E-state index in [9.17, 15) is 63.0 Å². The Hall–Kier alpha value is -7.36. The van der Waals surface area contributed by atoms with E-state index in [2.05, 4.69) is 36.9 Å². The molecule has 8 N–H and O–H groups in total. The first-order valence-corrected chi connectivity index (χ1v) is 29.2. The second-order valence-corrected chi connectivity index (χ2v) is 22.7. The van der Waals surface area contributed by atoms with Crippen LogP contribution < -0.4 is 31.9 Å². The van der Waals surface area contributed by atoms with E-state index in [1.54, 1.807) is 11.9 Å². The van der Waals surface area contributed by atoms with Gasteiger partial charge >= 0.3 is 11.9 Å². The first-order valence-electron chi connectivity index (χ1n) is 28.3. The van der Waals surface area contributed by atoms with Crippen molar-refractivity contribution in [3.8, 4) is 5.75 Å². The fourth-order valence-corrected chi connectivity index (χ4v) is 10.1. The summed E-state index contributed by atoms with van der Waals surface area (Å²) in [4.78, 5) is 150. The summed E-state index contributed by atoms with van der Waals surface area (Å²) in [7, 11) is 1.65. The minimum atomic E-state index is -1.16. The average Bonchev–Trinajstić information content (AvgIpc) is 3.40. The SMILES string of the molecule is CC[C@H](C)[C@H](NC(=O)C(C)(C)N1CCOCC1)C(=O)N(C)[C@H](C[C@@H](OC(C)=O)c1nc(C(=O)N[C@H](CCC(=O)O)Cc2ccc(O)c(NC(=O)[C@H](C)NC(=O)[C@H](C)NC(=O)CCOCCNC(=O)CCCN3C(=O)C=CC3=O)c2)cs1)C(C)C. The van der Waals surface area contributed by atoms with Gasteiger partial charge in [0.15, 0.2) is 6.10 Å². The normalized spacial score (nSPS) is 16.1. The Morgan fingerprint density at radius 2 is 1.54 bits per heavy atom. The number of aromatic nitrogens is 1. The van der Waals surface area contributed by atoms with Gasteiger partial charge in [0.05, 0.1) is 37.7 Å². The molecule has 9 amide bonds. The molecule has 464 valence electrons. The number of carboxylic acid groups (broad SMARTS) is 1. The van der Waals surface area contributed by atoms with Crippen LogP contribution in [0.1, 0.15) is 134 Å². The number of nitrogens with zero attached hydrogens (tertiary/aromatic N) is 4. The van der Waals surface area contributed by atoms with Crippen molar-refractivity contribution in [3.05, 3.63) is 52.0 Å². The molecule has 1 aromatic heterocycles. The molecule has 1 aromatic carbocycles. The van der Waals surface area contributed by atoms with E-state index in [1.165, 1.54) is 56.5 Å². The number of morpholine rings is 1. The summed E-state index contributed by atoms with van der Waals surface area (Å²) in [5.74, 6) is -6.83. The number of nitrogens with one attached hydrogen (secondary N) is 6. The maximum atomic E-state index is 14.5. The number of hydrogen-bond acceptors (Lipinski definition) is 18. The summed E-state index contributed by atoms with van der Waals surface area (Å²) in [6.07, 6.45) is 1.99. The highest BCUT2D eigenvalue weighted by atomic mass is 32.1. The highest BCUT2D eigenvalue weighted by molar-refractivity contribution is 7.09. The third-order valence-corrected chi connectivity index (χ3v) is 15.6. The fraction of sp³-hybridized carbons (Fsp3) is 0.614. The molecule has 0 radical (unpaired) electrons. The highest BCUT2D eigenvalue weighted by Crippen LogP contribution is 2.32. The van der Waals surface area contributed by atoms with Crippen molar-refractivity contribution in [1.29, 1.82) is 0 Å².